The fourth-order valence-corrected chi connectivity index (χ4v) is 0.999. The quantitative estimate of drug-likeness (QED) is 0.404. The van der Waals surface area contributed by atoms with E-state index < -0.39 is 4.92 Å². The zero-order chi connectivity index (χ0) is 8.27. The number of hydrogen-bond donors (Lipinski definition) is 1. The van der Waals surface area contributed by atoms with Gasteiger partial charge < -0.3 is 4.30 Å². The zero-order valence-electron chi connectivity index (χ0n) is 5.65. The highest BCUT2D eigenvalue weighted by Gasteiger charge is 2.08. The monoisotopic (exact) mass is 164 g/mol. The number of benzene rings is 1. The van der Waals surface area contributed by atoms with Crippen LogP contribution in [-0.4, -0.2) is 21.4 Å². The number of nitro groups is 1. The first-order chi connectivity index (χ1) is 5.25. The van der Waals surface area contributed by atoms with Gasteiger partial charge in [-0.3, -0.25) is 10.1 Å². The van der Waals surface area contributed by atoms with Crippen LogP contribution >= 0.6 is 0 Å². The maximum atomic E-state index is 10.3. The maximum Gasteiger partial charge on any atom is 0.305 e. The van der Waals surface area contributed by atoms with E-state index >= 15 is 0 Å². The molecule has 0 amide bonds. The Kier molecular flexibility index (Phi) is 2.47. The lowest BCUT2D eigenvalue weighted by Gasteiger charge is -2.00. The van der Waals surface area contributed by atoms with Crippen molar-refractivity contribution in [2.45, 2.75) is 0 Å². The van der Waals surface area contributed by atoms with Crippen LogP contribution in [0.15, 0.2) is 24.3 Å². The van der Waals surface area contributed by atoms with Crippen molar-refractivity contribution >= 4 is 27.9 Å². The standard InChI is InChI=1S/C6H5N2O2.Al/c7-5-3-1-2-4-6(5)8(9)10;/h1-4,7H;/q-1;+1. The Bertz CT molecular complexity index is 277. The summed E-state index contributed by atoms with van der Waals surface area (Å²) in [4.78, 5) is 9.91. The van der Waals surface area contributed by atoms with Crippen molar-refractivity contribution in [3.05, 3.63) is 34.4 Å². The van der Waals surface area contributed by atoms with Gasteiger partial charge in [-0.2, -0.15) is 0 Å². The minimum absolute atomic E-state index is 0.0856. The molecular weight excluding hydrogens is 159 g/mol. The second kappa shape index (κ2) is 3.37. The molecule has 54 valence electrons. The van der Waals surface area contributed by atoms with Crippen molar-refractivity contribution in [2.24, 2.45) is 0 Å². The van der Waals surface area contributed by atoms with Crippen LogP contribution in [0.25, 0.3) is 0 Å². The number of para-hydroxylation sites is 2. The molecule has 1 aromatic carbocycles. The average molecular weight is 164 g/mol. The first-order valence-electron chi connectivity index (χ1n) is 2.95. The molecule has 0 fully saturated rings. The Labute approximate surface area is 72.0 Å². The zero-order valence-corrected chi connectivity index (χ0v) is 6.81. The Morgan fingerprint density at radius 2 is 2.09 bits per heavy atom. The first kappa shape index (κ1) is 8.05. The molecule has 0 unspecified atom stereocenters. The van der Waals surface area contributed by atoms with Gasteiger partial charge in [0.05, 0.1) is 10.6 Å². The van der Waals surface area contributed by atoms with Gasteiger partial charge in [-0.05, 0) is 6.07 Å². The normalized spacial score (nSPS) is 9.09. The van der Waals surface area contributed by atoms with Gasteiger partial charge in [0, 0.05) is 6.07 Å². The molecule has 1 rings (SSSR count). The molecule has 1 N–H and O–H groups in total. The van der Waals surface area contributed by atoms with Gasteiger partial charge >= 0.3 is 16.5 Å². The van der Waals surface area contributed by atoms with Gasteiger partial charge in [0.15, 0.2) is 0 Å². The van der Waals surface area contributed by atoms with Gasteiger partial charge in [-0.15, -0.1) is 0 Å². The summed E-state index contributed by atoms with van der Waals surface area (Å²) in [6, 6.07) is 6.46. The highest BCUT2D eigenvalue weighted by molar-refractivity contribution is 6.16. The summed E-state index contributed by atoms with van der Waals surface area (Å²) in [5.41, 5.74) is 0.588. The van der Waals surface area contributed by atoms with Crippen molar-refractivity contribution < 1.29 is 4.92 Å². The van der Waals surface area contributed by atoms with Crippen molar-refractivity contribution in [1.82, 2.24) is 0 Å². The lowest BCUT2D eigenvalue weighted by Crippen LogP contribution is -1.96. The molecule has 1 aromatic rings. The average Bonchev–Trinajstić information content (AvgIpc) is 2.04. The fraction of sp³-hybridized carbons (Fsp3) is 0. The number of nitro benzene ring substituents is 1. The minimum atomic E-state index is -0.424. The summed E-state index contributed by atoms with van der Waals surface area (Å²) in [7, 11) is 0. The van der Waals surface area contributed by atoms with Crippen molar-refractivity contribution in [3.8, 4) is 0 Å². The third-order valence-corrected chi connectivity index (χ3v) is 1.57. The minimum Gasteiger partial charge on any atom is -0.486 e. The van der Waals surface area contributed by atoms with E-state index in [2.05, 4.69) is 20.8 Å². The fourth-order valence-electron chi connectivity index (χ4n) is 0.755. The summed E-state index contributed by atoms with van der Waals surface area (Å²) in [5, 5.41) is 10.3. The number of nitrogens with zero attached hydrogens (tertiary/aromatic N) is 1. The number of nitrogens with one attached hydrogen (secondary N) is 1. The molecule has 4 nitrogen and oxygen atoms in total. The highest BCUT2D eigenvalue weighted by Crippen LogP contribution is 2.21. The van der Waals surface area contributed by atoms with E-state index in [1.54, 1.807) is 18.2 Å². The Hall–Kier alpha value is -1.05. The molecule has 2 radical (unpaired) electrons. The molecule has 0 heterocycles. The summed E-state index contributed by atoms with van der Waals surface area (Å²) < 4.78 is 2.65. The third-order valence-electron chi connectivity index (χ3n) is 1.26. The summed E-state index contributed by atoms with van der Waals surface area (Å²) >= 11 is 2.22. The summed E-state index contributed by atoms with van der Waals surface area (Å²) in [6.45, 7) is 0. The molecular formula is C6H5AlN2O2. The van der Waals surface area contributed by atoms with Gasteiger partial charge in [-0.25, -0.2) is 0 Å². The van der Waals surface area contributed by atoms with Crippen molar-refractivity contribution in [1.29, 1.82) is 0 Å². The molecule has 0 aromatic heterocycles. The van der Waals surface area contributed by atoms with Crippen LogP contribution in [0.1, 0.15) is 0 Å². The molecule has 0 saturated heterocycles. The summed E-state index contributed by atoms with van der Waals surface area (Å²) in [6.07, 6.45) is 0. The predicted octanol–water partition coefficient (Wildman–Crippen LogP) is 1.09. The molecule has 5 heteroatoms. The number of rotatable bonds is 2. The van der Waals surface area contributed by atoms with Crippen LogP contribution in [0.4, 0.5) is 11.4 Å². The van der Waals surface area contributed by atoms with E-state index in [9.17, 15) is 10.1 Å². The SMILES string of the molecule is O=[N+]([O-])c1ccccc1[NH][Al]. The second-order valence-corrected chi connectivity index (χ2v) is 2.21. The topological polar surface area (TPSA) is 55.2 Å². The van der Waals surface area contributed by atoms with Gasteiger partial charge in [-0.1, -0.05) is 12.1 Å². The van der Waals surface area contributed by atoms with E-state index in [0.29, 0.717) is 5.69 Å². The van der Waals surface area contributed by atoms with Crippen LogP contribution in [0, 0.1) is 10.1 Å². The predicted molar refractivity (Wildman–Crippen MR) is 42.5 cm³/mol. The molecule has 0 bridgehead atoms. The number of hydrogen-bond acceptors (Lipinski definition) is 3. The van der Waals surface area contributed by atoms with E-state index in [1.165, 1.54) is 6.07 Å². The van der Waals surface area contributed by atoms with Crippen LogP contribution in [0.2, 0.25) is 0 Å². The molecule has 0 saturated carbocycles. The molecule has 0 spiro atoms. The van der Waals surface area contributed by atoms with Crippen LogP contribution in [0.5, 0.6) is 0 Å². The van der Waals surface area contributed by atoms with Gasteiger partial charge in [0.2, 0.25) is 0 Å². The highest BCUT2D eigenvalue weighted by atomic mass is 27.1. The Morgan fingerprint density at radius 1 is 1.45 bits per heavy atom. The molecule has 0 aliphatic heterocycles. The largest absolute Gasteiger partial charge is 0.486 e. The Morgan fingerprint density at radius 3 is 2.55 bits per heavy atom. The molecule has 0 aliphatic carbocycles. The third kappa shape index (κ3) is 1.70. The van der Waals surface area contributed by atoms with Crippen LogP contribution in [-0.2, 0) is 0 Å². The maximum absolute atomic E-state index is 10.3. The number of anilines is 1. The summed E-state index contributed by atoms with van der Waals surface area (Å²) in [5.74, 6) is 0. The molecule has 0 atom stereocenters. The van der Waals surface area contributed by atoms with E-state index in [4.69, 9.17) is 0 Å². The molecule has 11 heavy (non-hydrogen) atoms. The first-order valence-corrected chi connectivity index (χ1v) is 3.53. The lowest BCUT2D eigenvalue weighted by molar-refractivity contribution is -0.383. The Balaban J connectivity index is 3.12. The second-order valence-electron chi connectivity index (χ2n) is 1.92. The van der Waals surface area contributed by atoms with Crippen molar-refractivity contribution in [3.63, 3.8) is 0 Å². The lowest BCUT2D eigenvalue weighted by atomic mass is 10.3. The van der Waals surface area contributed by atoms with E-state index in [-0.39, 0.29) is 5.69 Å². The van der Waals surface area contributed by atoms with Gasteiger partial charge in [0.25, 0.3) is 5.69 Å². The van der Waals surface area contributed by atoms with Crippen LogP contribution in [0.3, 0.4) is 0 Å². The smallest absolute Gasteiger partial charge is 0.305 e. The van der Waals surface area contributed by atoms with Gasteiger partial charge in [0.1, 0.15) is 0 Å². The molecule has 0 aliphatic rings. The van der Waals surface area contributed by atoms with E-state index in [1.807, 2.05) is 0 Å². The van der Waals surface area contributed by atoms with E-state index in [0.717, 1.165) is 0 Å². The van der Waals surface area contributed by atoms with Crippen LogP contribution < -0.4 is 4.30 Å². The van der Waals surface area contributed by atoms with Crippen molar-refractivity contribution in [2.75, 3.05) is 4.30 Å².